The number of nitrogens with two attached hydrogens (primary N) is 1. The average molecular weight is 294 g/mol. The van der Waals surface area contributed by atoms with Gasteiger partial charge in [0.15, 0.2) is 0 Å². The largest absolute Gasteiger partial charge is 0.387 e. The third kappa shape index (κ3) is 4.58. The lowest BCUT2D eigenvalue weighted by Crippen LogP contribution is -2.52. The summed E-state index contributed by atoms with van der Waals surface area (Å²) in [6, 6.07) is 0. The number of amidine groups is 1. The van der Waals surface area contributed by atoms with Gasteiger partial charge >= 0.3 is 0 Å². The van der Waals surface area contributed by atoms with E-state index in [9.17, 15) is 0 Å². The van der Waals surface area contributed by atoms with E-state index in [1.165, 1.54) is 12.8 Å². The molecule has 0 spiro atoms. The second kappa shape index (κ2) is 7.61. The first kappa shape index (κ1) is 17.7. The fourth-order valence-electron chi connectivity index (χ4n) is 3.11. The number of hydrogen-bond acceptors (Lipinski definition) is 4. The summed E-state index contributed by atoms with van der Waals surface area (Å²) in [7, 11) is 1.71. The maximum atomic E-state index is 5.67. The maximum absolute atomic E-state index is 5.67. The van der Waals surface area contributed by atoms with Gasteiger partial charge in [-0.3, -0.25) is 0 Å². The van der Waals surface area contributed by atoms with Gasteiger partial charge in [0.05, 0.1) is 12.9 Å². The van der Waals surface area contributed by atoms with Gasteiger partial charge in [-0.05, 0) is 31.6 Å². The fourth-order valence-corrected chi connectivity index (χ4v) is 3.11. The summed E-state index contributed by atoms with van der Waals surface area (Å²) in [5.74, 6) is 1.08. The number of hydroxylamine groups is 2. The Balaban J connectivity index is 2.98. The van der Waals surface area contributed by atoms with Gasteiger partial charge in [-0.15, -0.1) is 0 Å². The summed E-state index contributed by atoms with van der Waals surface area (Å²) in [5, 5.41) is 1.98. The van der Waals surface area contributed by atoms with Crippen LogP contribution in [0.15, 0.2) is 30.2 Å². The predicted octanol–water partition coefficient (Wildman–Crippen LogP) is 3.07. The lowest BCUT2D eigenvalue weighted by Gasteiger charge is -2.47. The average Bonchev–Trinajstić information content (AvgIpc) is 2.39. The number of rotatable bonds is 7. The number of aliphatic imine (C=N–C) groups is 1. The lowest BCUT2D eigenvalue weighted by atomic mass is 9.76. The Morgan fingerprint density at radius 3 is 2.76 bits per heavy atom. The molecule has 0 aromatic rings. The molecule has 0 bridgehead atoms. The molecule has 0 aliphatic carbocycles. The SMILES string of the molecule is C=CN(C(=C)/N=C(\C)N)C1CC(C)(CCC)CCN1OC. The van der Waals surface area contributed by atoms with Crippen LogP contribution in [0.5, 0.6) is 0 Å². The van der Waals surface area contributed by atoms with Crippen LogP contribution in [-0.4, -0.2) is 35.6 Å². The first-order chi connectivity index (χ1) is 9.86. The lowest BCUT2D eigenvalue weighted by molar-refractivity contribution is -0.217. The van der Waals surface area contributed by atoms with Crippen molar-refractivity contribution in [1.82, 2.24) is 9.96 Å². The molecule has 5 nitrogen and oxygen atoms in total. The molecule has 0 saturated carbocycles. The van der Waals surface area contributed by atoms with Gasteiger partial charge in [-0.2, -0.15) is 5.06 Å². The Morgan fingerprint density at radius 2 is 2.29 bits per heavy atom. The van der Waals surface area contributed by atoms with Crippen molar-refractivity contribution in [2.75, 3.05) is 13.7 Å². The van der Waals surface area contributed by atoms with Gasteiger partial charge in [0.1, 0.15) is 12.0 Å². The van der Waals surface area contributed by atoms with E-state index in [2.05, 4.69) is 32.0 Å². The minimum Gasteiger partial charge on any atom is -0.387 e. The molecule has 2 unspecified atom stereocenters. The third-order valence-corrected chi connectivity index (χ3v) is 4.15. The number of hydrogen-bond donors (Lipinski definition) is 1. The number of piperidine rings is 1. The van der Waals surface area contributed by atoms with Crippen molar-refractivity contribution in [1.29, 1.82) is 0 Å². The van der Waals surface area contributed by atoms with Crippen molar-refractivity contribution in [3.63, 3.8) is 0 Å². The van der Waals surface area contributed by atoms with E-state index in [1.54, 1.807) is 20.2 Å². The summed E-state index contributed by atoms with van der Waals surface area (Å²) in [5.41, 5.74) is 5.97. The first-order valence-corrected chi connectivity index (χ1v) is 7.58. The number of nitrogens with zero attached hydrogens (tertiary/aromatic N) is 3. The fraction of sp³-hybridized carbons (Fsp3) is 0.688. The molecule has 0 aromatic carbocycles. The standard InChI is InChI=1S/C16H30N4O/c1-7-9-16(5)10-11-20(21-6)15(12-16)19(8-2)14(4)18-13(3)17/h8,15H,2,4,7,9-12H2,1,3,5-6H3,(H2,17,18). The summed E-state index contributed by atoms with van der Waals surface area (Å²) in [4.78, 5) is 11.7. The maximum Gasteiger partial charge on any atom is 0.128 e. The Bertz CT molecular complexity index is 403. The van der Waals surface area contributed by atoms with Crippen molar-refractivity contribution in [2.24, 2.45) is 16.1 Å². The van der Waals surface area contributed by atoms with Crippen LogP contribution in [0.1, 0.15) is 46.5 Å². The third-order valence-electron chi connectivity index (χ3n) is 4.15. The highest BCUT2D eigenvalue weighted by Gasteiger charge is 2.39. The first-order valence-electron chi connectivity index (χ1n) is 7.58. The molecule has 2 atom stereocenters. The zero-order chi connectivity index (χ0) is 16.0. The van der Waals surface area contributed by atoms with Gasteiger partial charge in [0, 0.05) is 12.7 Å². The van der Waals surface area contributed by atoms with Gasteiger partial charge in [0.2, 0.25) is 0 Å². The highest BCUT2D eigenvalue weighted by molar-refractivity contribution is 5.78. The quantitative estimate of drug-likeness (QED) is 0.579. The highest BCUT2D eigenvalue weighted by atomic mass is 16.7. The zero-order valence-corrected chi connectivity index (χ0v) is 13.9. The van der Waals surface area contributed by atoms with E-state index in [4.69, 9.17) is 10.6 Å². The van der Waals surface area contributed by atoms with E-state index in [1.807, 2.05) is 9.96 Å². The molecule has 1 rings (SSSR count). The molecule has 0 amide bonds. The minimum absolute atomic E-state index is 0.0494. The van der Waals surface area contributed by atoms with Crippen LogP contribution in [0.4, 0.5) is 0 Å². The van der Waals surface area contributed by atoms with Gasteiger partial charge in [0.25, 0.3) is 0 Å². The van der Waals surface area contributed by atoms with Crippen molar-refractivity contribution in [3.05, 3.63) is 25.2 Å². The highest BCUT2D eigenvalue weighted by Crippen LogP contribution is 2.40. The van der Waals surface area contributed by atoms with Crippen LogP contribution < -0.4 is 5.73 Å². The molecular weight excluding hydrogens is 264 g/mol. The molecule has 21 heavy (non-hydrogen) atoms. The monoisotopic (exact) mass is 294 g/mol. The molecular formula is C16H30N4O. The summed E-state index contributed by atoms with van der Waals surface area (Å²) >= 11 is 0. The summed E-state index contributed by atoms with van der Waals surface area (Å²) in [6.45, 7) is 15.1. The van der Waals surface area contributed by atoms with E-state index in [-0.39, 0.29) is 6.17 Å². The van der Waals surface area contributed by atoms with Crippen molar-refractivity contribution in [2.45, 2.75) is 52.6 Å². The van der Waals surface area contributed by atoms with E-state index in [0.717, 1.165) is 19.4 Å². The Hall–Kier alpha value is -1.33. The molecule has 1 heterocycles. The minimum atomic E-state index is 0.0494. The van der Waals surface area contributed by atoms with Crippen LogP contribution in [0, 0.1) is 5.41 Å². The molecule has 0 radical (unpaired) electrons. The Morgan fingerprint density at radius 1 is 1.62 bits per heavy atom. The molecule has 0 aromatic heterocycles. The van der Waals surface area contributed by atoms with Gasteiger partial charge < -0.3 is 15.5 Å². The van der Waals surface area contributed by atoms with Crippen molar-refractivity contribution in [3.8, 4) is 0 Å². The van der Waals surface area contributed by atoms with Gasteiger partial charge in [-0.1, -0.05) is 33.4 Å². The molecule has 2 N–H and O–H groups in total. The molecule has 1 saturated heterocycles. The smallest absolute Gasteiger partial charge is 0.128 e. The topological polar surface area (TPSA) is 54.1 Å². The second-order valence-corrected chi connectivity index (χ2v) is 6.08. The van der Waals surface area contributed by atoms with Crippen molar-refractivity contribution < 1.29 is 4.84 Å². The van der Waals surface area contributed by atoms with Crippen LogP contribution in [0.2, 0.25) is 0 Å². The summed E-state index contributed by atoms with van der Waals surface area (Å²) < 4.78 is 0. The zero-order valence-electron chi connectivity index (χ0n) is 13.9. The Kier molecular flexibility index (Phi) is 6.42. The van der Waals surface area contributed by atoms with E-state index in [0.29, 0.717) is 17.1 Å². The van der Waals surface area contributed by atoms with Gasteiger partial charge in [-0.25, -0.2) is 4.99 Å². The van der Waals surface area contributed by atoms with Crippen molar-refractivity contribution >= 4 is 5.84 Å². The molecule has 120 valence electrons. The predicted molar refractivity (Wildman–Crippen MR) is 88.2 cm³/mol. The summed E-state index contributed by atoms with van der Waals surface area (Å²) in [6.07, 6.45) is 6.31. The molecule has 5 heteroatoms. The second-order valence-electron chi connectivity index (χ2n) is 6.08. The van der Waals surface area contributed by atoms with E-state index < -0.39 is 0 Å². The molecule has 1 aliphatic rings. The van der Waals surface area contributed by atoms with Crippen LogP contribution in [0.25, 0.3) is 0 Å². The normalized spacial score (nSPS) is 27.4. The van der Waals surface area contributed by atoms with Crippen LogP contribution in [0.3, 0.4) is 0 Å². The van der Waals surface area contributed by atoms with Crippen LogP contribution >= 0.6 is 0 Å². The van der Waals surface area contributed by atoms with Crippen LogP contribution in [-0.2, 0) is 4.84 Å². The van der Waals surface area contributed by atoms with E-state index >= 15 is 0 Å². The molecule has 1 fully saturated rings. The molecule has 1 aliphatic heterocycles. The Labute approximate surface area is 129 Å².